The van der Waals surface area contributed by atoms with E-state index in [1.165, 1.54) is 22.5 Å². The fourth-order valence-electron chi connectivity index (χ4n) is 3.48. The molecule has 29 heavy (non-hydrogen) atoms. The smallest absolute Gasteiger partial charge is 0.251 e. The van der Waals surface area contributed by atoms with Crippen LogP contribution in [0.2, 0.25) is 0 Å². The zero-order chi connectivity index (χ0) is 20.7. The van der Waals surface area contributed by atoms with Crippen LogP contribution in [0.3, 0.4) is 0 Å². The average Bonchev–Trinajstić information content (AvgIpc) is 3.02. The van der Waals surface area contributed by atoms with E-state index in [2.05, 4.69) is 5.32 Å². The first-order valence-electron chi connectivity index (χ1n) is 10.1. The number of hydrogen-bond donors (Lipinski definition) is 1. The predicted octanol–water partition coefficient (Wildman–Crippen LogP) is 3.75. The minimum atomic E-state index is -3.58. The van der Waals surface area contributed by atoms with Gasteiger partial charge in [0.2, 0.25) is 10.0 Å². The molecule has 0 spiro atoms. The number of carbonyl (C=O) groups excluding carboxylic acids is 1. The van der Waals surface area contributed by atoms with Gasteiger partial charge in [0.25, 0.3) is 5.91 Å². The molecule has 156 valence electrons. The number of nitrogens with zero attached hydrogens (tertiary/aromatic N) is 1. The maximum atomic E-state index is 12.9. The van der Waals surface area contributed by atoms with E-state index in [4.69, 9.17) is 0 Å². The Morgan fingerprint density at radius 3 is 2.38 bits per heavy atom. The molecular formula is C22H27FN2O3S. The van der Waals surface area contributed by atoms with E-state index >= 15 is 0 Å². The Kier molecular flexibility index (Phi) is 7.39. The summed E-state index contributed by atoms with van der Waals surface area (Å²) < 4.78 is 40.3. The molecule has 1 heterocycles. The molecule has 0 radical (unpaired) electrons. The Labute approximate surface area is 172 Å². The lowest BCUT2D eigenvalue weighted by molar-refractivity contribution is 0.0953. The van der Waals surface area contributed by atoms with Gasteiger partial charge in [-0.2, -0.15) is 4.31 Å². The molecule has 1 saturated heterocycles. The van der Waals surface area contributed by atoms with Crippen LogP contribution in [0.15, 0.2) is 53.4 Å². The van der Waals surface area contributed by atoms with Crippen LogP contribution in [-0.4, -0.2) is 38.3 Å². The first-order valence-corrected chi connectivity index (χ1v) is 11.5. The van der Waals surface area contributed by atoms with Crippen LogP contribution in [0.5, 0.6) is 0 Å². The van der Waals surface area contributed by atoms with Gasteiger partial charge in [-0.15, -0.1) is 0 Å². The van der Waals surface area contributed by atoms with Gasteiger partial charge in [0, 0.05) is 25.2 Å². The molecule has 1 aliphatic heterocycles. The highest BCUT2D eigenvalue weighted by Gasteiger charge is 2.25. The molecule has 1 aliphatic rings. The minimum absolute atomic E-state index is 0.165. The van der Waals surface area contributed by atoms with Crippen molar-refractivity contribution in [2.24, 2.45) is 0 Å². The molecule has 5 nitrogen and oxygen atoms in total. The summed E-state index contributed by atoms with van der Waals surface area (Å²) in [4.78, 5) is 12.6. The van der Waals surface area contributed by atoms with Crippen LogP contribution in [0.1, 0.15) is 48.0 Å². The Bertz CT molecular complexity index is 921. The van der Waals surface area contributed by atoms with Gasteiger partial charge >= 0.3 is 0 Å². The topological polar surface area (TPSA) is 66.5 Å². The second-order valence-electron chi connectivity index (χ2n) is 7.33. The van der Waals surface area contributed by atoms with Crippen molar-refractivity contribution in [1.29, 1.82) is 0 Å². The van der Waals surface area contributed by atoms with E-state index in [0.29, 0.717) is 31.6 Å². The molecule has 1 N–H and O–H groups in total. The third kappa shape index (κ3) is 5.87. The number of carbonyl (C=O) groups is 1. The summed E-state index contributed by atoms with van der Waals surface area (Å²) in [5, 5.41) is 2.83. The Balaban J connectivity index is 1.57. The normalized spacial score (nSPS) is 15.6. The van der Waals surface area contributed by atoms with E-state index < -0.39 is 10.0 Å². The summed E-state index contributed by atoms with van der Waals surface area (Å²) in [5.74, 6) is -0.561. The van der Waals surface area contributed by atoms with Gasteiger partial charge in [0.05, 0.1) is 4.90 Å². The van der Waals surface area contributed by atoms with Crippen molar-refractivity contribution in [3.63, 3.8) is 0 Å². The molecule has 7 heteroatoms. The minimum Gasteiger partial charge on any atom is -0.352 e. The highest BCUT2D eigenvalue weighted by Crippen LogP contribution is 2.21. The molecule has 0 bridgehead atoms. The number of nitrogens with one attached hydrogen (secondary N) is 1. The summed E-state index contributed by atoms with van der Waals surface area (Å²) in [5.41, 5.74) is 1.34. The number of hydrogen-bond acceptors (Lipinski definition) is 3. The van der Waals surface area contributed by atoms with Crippen molar-refractivity contribution in [2.45, 2.75) is 43.4 Å². The van der Waals surface area contributed by atoms with Crippen LogP contribution in [0, 0.1) is 5.82 Å². The van der Waals surface area contributed by atoms with Crippen molar-refractivity contribution >= 4 is 15.9 Å². The van der Waals surface area contributed by atoms with Crippen molar-refractivity contribution in [3.05, 3.63) is 65.5 Å². The largest absolute Gasteiger partial charge is 0.352 e. The molecule has 1 fully saturated rings. The number of halogens is 1. The molecule has 3 rings (SSSR count). The van der Waals surface area contributed by atoms with Crippen LogP contribution in [-0.2, 0) is 16.4 Å². The number of aryl methyl sites for hydroxylation is 1. The van der Waals surface area contributed by atoms with Gasteiger partial charge in [-0.1, -0.05) is 31.0 Å². The number of sulfonamides is 1. The lowest BCUT2D eigenvalue weighted by Crippen LogP contribution is -2.32. The van der Waals surface area contributed by atoms with E-state index in [-0.39, 0.29) is 16.6 Å². The summed E-state index contributed by atoms with van der Waals surface area (Å²) in [6, 6.07) is 12.5. The molecule has 0 aromatic heterocycles. The first-order chi connectivity index (χ1) is 14.0. The van der Waals surface area contributed by atoms with Crippen molar-refractivity contribution < 1.29 is 17.6 Å². The van der Waals surface area contributed by atoms with Crippen LogP contribution >= 0.6 is 0 Å². The maximum absolute atomic E-state index is 12.9. The Morgan fingerprint density at radius 2 is 1.69 bits per heavy atom. The summed E-state index contributed by atoms with van der Waals surface area (Å²) in [7, 11) is -3.58. The van der Waals surface area contributed by atoms with Gasteiger partial charge in [-0.05, 0) is 61.6 Å². The highest BCUT2D eigenvalue weighted by molar-refractivity contribution is 7.89. The standard InChI is InChI=1S/C22H27FN2O3S/c23-20-12-10-18(11-13-20)7-6-14-24-22(26)19-8-5-9-21(17-19)29(27,28)25-15-3-1-2-4-16-25/h5,8-13,17H,1-4,6-7,14-16H2,(H,24,26). The van der Waals surface area contributed by atoms with Crippen LogP contribution < -0.4 is 5.32 Å². The van der Waals surface area contributed by atoms with Gasteiger partial charge < -0.3 is 5.32 Å². The van der Waals surface area contributed by atoms with Crippen LogP contribution in [0.25, 0.3) is 0 Å². The summed E-state index contributed by atoms with van der Waals surface area (Å²) in [6.07, 6.45) is 5.27. The summed E-state index contributed by atoms with van der Waals surface area (Å²) >= 11 is 0. The third-order valence-electron chi connectivity index (χ3n) is 5.14. The molecular weight excluding hydrogens is 391 g/mol. The Hall–Kier alpha value is -2.25. The van der Waals surface area contributed by atoms with E-state index in [9.17, 15) is 17.6 Å². The number of rotatable bonds is 7. The van der Waals surface area contributed by atoms with Gasteiger partial charge in [0.15, 0.2) is 0 Å². The zero-order valence-electron chi connectivity index (χ0n) is 16.4. The fourth-order valence-corrected chi connectivity index (χ4v) is 5.04. The third-order valence-corrected chi connectivity index (χ3v) is 7.03. The van der Waals surface area contributed by atoms with E-state index in [0.717, 1.165) is 37.7 Å². The van der Waals surface area contributed by atoms with Crippen molar-refractivity contribution in [1.82, 2.24) is 9.62 Å². The monoisotopic (exact) mass is 418 g/mol. The predicted molar refractivity (Wildman–Crippen MR) is 111 cm³/mol. The van der Waals surface area contributed by atoms with Crippen molar-refractivity contribution in [2.75, 3.05) is 19.6 Å². The number of amides is 1. The second-order valence-corrected chi connectivity index (χ2v) is 9.27. The molecule has 1 amide bonds. The Morgan fingerprint density at radius 1 is 1.00 bits per heavy atom. The second kappa shape index (κ2) is 9.98. The van der Waals surface area contributed by atoms with Crippen molar-refractivity contribution in [3.8, 4) is 0 Å². The van der Waals surface area contributed by atoms with E-state index in [1.54, 1.807) is 30.3 Å². The molecule has 0 atom stereocenters. The van der Waals surface area contributed by atoms with Gasteiger partial charge in [0.1, 0.15) is 5.82 Å². The molecule has 2 aromatic carbocycles. The lowest BCUT2D eigenvalue weighted by atomic mass is 10.1. The number of benzene rings is 2. The van der Waals surface area contributed by atoms with Crippen LogP contribution in [0.4, 0.5) is 4.39 Å². The molecule has 2 aromatic rings. The lowest BCUT2D eigenvalue weighted by Gasteiger charge is -2.20. The van der Waals surface area contributed by atoms with E-state index in [1.807, 2.05) is 0 Å². The van der Waals surface area contributed by atoms with Gasteiger partial charge in [-0.25, -0.2) is 12.8 Å². The molecule has 0 unspecified atom stereocenters. The highest BCUT2D eigenvalue weighted by atomic mass is 32.2. The first kappa shape index (κ1) is 21.5. The fraction of sp³-hybridized carbons (Fsp3) is 0.409. The molecule has 0 saturated carbocycles. The maximum Gasteiger partial charge on any atom is 0.251 e. The quantitative estimate of drug-likeness (QED) is 0.697. The summed E-state index contributed by atoms with van der Waals surface area (Å²) in [6.45, 7) is 1.52. The SMILES string of the molecule is O=C(NCCCc1ccc(F)cc1)c1cccc(S(=O)(=O)N2CCCCCC2)c1. The molecule has 0 aliphatic carbocycles. The average molecular weight is 419 g/mol. The zero-order valence-corrected chi connectivity index (χ0v) is 17.3. The van der Waals surface area contributed by atoms with Gasteiger partial charge in [-0.3, -0.25) is 4.79 Å².